The predicted molar refractivity (Wildman–Crippen MR) is 171 cm³/mol. The van der Waals surface area contributed by atoms with E-state index in [2.05, 4.69) is 0 Å². The van der Waals surface area contributed by atoms with Gasteiger partial charge in [-0.15, -0.1) is 0 Å². The topological polar surface area (TPSA) is 328 Å². The Bertz CT molecular complexity index is 1780. The number of benzene rings is 2. The summed E-state index contributed by atoms with van der Waals surface area (Å²) in [6.07, 6.45) is -25.3. The third-order valence-corrected chi connectivity index (χ3v) is 9.29. The predicted octanol–water partition coefficient (Wildman–Crippen LogP) is -3.92. The maximum absolute atomic E-state index is 14.2. The molecule has 15 atom stereocenters. The van der Waals surface area contributed by atoms with E-state index in [1.807, 2.05) is 0 Å². The molecule has 0 spiro atoms. The van der Waals surface area contributed by atoms with E-state index in [9.17, 15) is 66.1 Å². The summed E-state index contributed by atoms with van der Waals surface area (Å²) < 4.78 is 39.9. The van der Waals surface area contributed by atoms with E-state index in [0.717, 1.165) is 12.1 Å². The highest BCUT2D eigenvalue weighted by molar-refractivity contribution is 5.88. The summed E-state index contributed by atoms with van der Waals surface area (Å²) in [6.45, 7) is -0.235. The Balaban J connectivity index is 1.41. The molecule has 4 heterocycles. The summed E-state index contributed by atoms with van der Waals surface area (Å²) in [5.74, 6) is -2.26. The summed E-state index contributed by atoms with van der Waals surface area (Å²) in [6, 6.07) is 7.18. The van der Waals surface area contributed by atoms with Crippen molar-refractivity contribution in [2.75, 3.05) is 13.2 Å². The second-order valence-electron chi connectivity index (χ2n) is 12.9. The van der Waals surface area contributed by atoms with Crippen LogP contribution >= 0.6 is 0 Å². The van der Waals surface area contributed by atoms with Crippen molar-refractivity contribution in [3.63, 3.8) is 0 Å². The van der Waals surface area contributed by atoms with E-state index in [-0.39, 0.29) is 28.4 Å². The molecule has 53 heavy (non-hydrogen) atoms. The van der Waals surface area contributed by atoms with Crippen molar-refractivity contribution >= 4 is 11.0 Å². The first-order chi connectivity index (χ1) is 25.1. The van der Waals surface area contributed by atoms with E-state index in [4.69, 9.17) is 32.8 Å². The molecular formula is C33H40O20. The average Bonchev–Trinajstić information content (AvgIpc) is 3.13. The van der Waals surface area contributed by atoms with Crippen LogP contribution in [0.1, 0.15) is 6.92 Å². The number of aromatic hydroxyl groups is 2. The zero-order valence-corrected chi connectivity index (χ0v) is 27.7. The quantitative estimate of drug-likeness (QED) is 0.0992. The monoisotopic (exact) mass is 756 g/mol. The van der Waals surface area contributed by atoms with E-state index >= 15 is 0 Å². The second-order valence-corrected chi connectivity index (χ2v) is 12.9. The summed E-state index contributed by atoms with van der Waals surface area (Å²) >= 11 is 0. The van der Waals surface area contributed by atoms with Crippen LogP contribution in [0.4, 0.5) is 0 Å². The van der Waals surface area contributed by atoms with Crippen LogP contribution in [-0.2, 0) is 18.9 Å². The van der Waals surface area contributed by atoms with Gasteiger partial charge in [0.1, 0.15) is 89.3 Å². The van der Waals surface area contributed by atoms with Gasteiger partial charge in [0.25, 0.3) is 0 Å². The lowest BCUT2D eigenvalue weighted by Gasteiger charge is -2.45. The highest BCUT2D eigenvalue weighted by Gasteiger charge is 2.51. The molecule has 6 rings (SSSR count). The van der Waals surface area contributed by atoms with Gasteiger partial charge in [-0.25, -0.2) is 0 Å². The van der Waals surface area contributed by atoms with Gasteiger partial charge in [0.2, 0.25) is 23.8 Å². The van der Waals surface area contributed by atoms with Gasteiger partial charge in [-0.05, 0) is 31.2 Å². The molecule has 2 aromatic carbocycles. The first kappa shape index (κ1) is 39.0. The van der Waals surface area contributed by atoms with Crippen LogP contribution in [0.3, 0.4) is 0 Å². The SMILES string of the molecule is C[C@@H]1O[C@@H](O[C@H]2[C@@H](Oc3c(-c4ccc(O)cc4)oc4cc(O[C@H]5O[C@@H](CO)[C@H](O)[C@H](O)[C@@H]5O)cc(O)c4c3=O)O[C@H](CO)[C@@H](O)[C@@H]2O)[C@H](O)[C@H](O)[C@H]1O. The van der Waals surface area contributed by atoms with E-state index in [1.165, 1.54) is 31.2 Å². The summed E-state index contributed by atoms with van der Waals surface area (Å²) in [5.41, 5.74) is -1.30. The molecule has 0 unspecified atom stereocenters. The maximum Gasteiger partial charge on any atom is 0.239 e. The molecular weight excluding hydrogens is 716 g/mol. The molecule has 3 aliphatic rings. The Morgan fingerprint density at radius 1 is 0.660 bits per heavy atom. The fourth-order valence-corrected chi connectivity index (χ4v) is 6.23. The Morgan fingerprint density at radius 3 is 1.89 bits per heavy atom. The average molecular weight is 757 g/mol. The number of ether oxygens (including phenoxy) is 6. The van der Waals surface area contributed by atoms with Crippen LogP contribution in [0, 0.1) is 0 Å². The summed E-state index contributed by atoms with van der Waals surface area (Å²) in [5, 5.41) is 123. The maximum atomic E-state index is 14.2. The number of rotatable bonds is 9. The van der Waals surface area contributed by atoms with E-state index < -0.39 is 128 Å². The van der Waals surface area contributed by atoms with Crippen LogP contribution in [0.2, 0.25) is 0 Å². The molecule has 3 aromatic rings. The van der Waals surface area contributed by atoms with Crippen LogP contribution in [-0.4, -0.2) is 167 Å². The molecule has 0 saturated carbocycles. The summed E-state index contributed by atoms with van der Waals surface area (Å²) in [4.78, 5) is 14.2. The number of aliphatic hydroxyl groups excluding tert-OH is 10. The molecule has 20 heteroatoms. The minimum Gasteiger partial charge on any atom is -0.508 e. The van der Waals surface area contributed by atoms with Crippen molar-refractivity contribution < 1.29 is 94.1 Å². The Morgan fingerprint density at radius 2 is 1.25 bits per heavy atom. The van der Waals surface area contributed by atoms with Gasteiger partial charge < -0.3 is 94.1 Å². The molecule has 0 aliphatic carbocycles. The molecule has 292 valence electrons. The van der Waals surface area contributed by atoms with Gasteiger partial charge >= 0.3 is 0 Å². The molecule has 3 fully saturated rings. The zero-order chi connectivity index (χ0) is 38.5. The third-order valence-electron chi connectivity index (χ3n) is 9.29. The zero-order valence-electron chi connectivity index (χ0n) is 27.7. The number of aliphatic hydroxyl groups is 10. The van der Waals surface area contributed by atoms with Crippen LogP contribution in [0.5, 0.6) is 23.0 Å². The molecule has 3 saturated heterocycles. The lowest BCUT2D eigenvalue weighted by Crippen LogP contribution is -2.64. The largest absolute Gasteiger partial charge is 0.508 e. The first-order valence-corrected chi connectivity index (χ1v) is 16.4. The molecule has 3 aliphatic heterocycles. The third kappa shape index (κ3) is 7.39. The Labute approximate surface area is 298 Å². The lowest BCUT2D eigenvalue weighted by molar-refractivity contribution is -0.354. The van der Waals surface area contributed by atoms with Crippen LogP contribution in [0.25, 0.3) is 22.3 Å². The number of hydrogen-bond acceptors (Lipinski definition) is 20. The highest BCUT2D eigenvalue weighted by Crippen LogP contribution is 2.39. The van der Waals surface area contributed by atoms with Crippen LogP contribution < -0.4 is 14.9 Å². The van der Waals surface area contributed by atoms with Crippen molar-refractivity contribution in [1.82, 2.24) is 0 Å². The van der Waals surface area contributed by atoms with Crippen molar-refractivity contribution in [3.05, 3.63) is 46.6 Å². The number of phenolic OH excluding ortho intramolecular Hbond substituents is 2. The Hall–Kier alpha value is -3.71. The smallest absolute Gasteiger partial charge is 0.239 e. The lowest BCUT2D eigenvalue weighted by atomic mass is 9.97. The summed E-state index contributed by atoms with van der Waals surface area (Å²) in [7, 11) is 0. The number of fused-ring (bicyclic) bond motifs is 1. The molecule has 0 bridgehead atoms. The van der Waals surface area contributed by atoms with E-state index in [1.54, 1.807) is 0 Å². The van der Waals surface area contributed by atoms with Crippen molar-refractivity contribution in [3.8, 4) is 34.3 Å². The van der Waals surface area contributed by atoms with Gasteiger partial charge in [0.15, 0.2) is 18.2 Å². The molecule has 1 aromatic heterocycles. The molecule has 0 amide bonds. The van der Waals surface area contributed by atoms with Gasteiger partial charge in [-0.2, -0.15) is 0 Å². The van der Waals surface area contributed by atoms with Gasteiger partial charge in [0.05, 0.1) is 19.3 Å². The first-order valence-electron chi connectivity index (χ1n) is 16.4. The van der Waals surface area contributed by atoms with Crippen molar-refractivity contribution in [1.29, 1.82) is 0 Å². The van der Waals surface area contributed by atoms with Crippen LogP contribution in [0.15, 0.2) is 45.6 Å². The van der Waals surface area contributed by atoms with E-state index in [0.29, 0.717) is 0 Å². The van der Waals surface area contributed by atoms with Gasteiger partial charge in [-0.1, -0.05) is 0 Å². The number of phenols is 2. The van der Waals surface area contributed by atoms with Gasteiger partial charge in [-0.3, -0.25) is 4.79 Å². The standard InChI is InChI=1S/C33H40O20/c1-10-19(38)23(42)26(45)31(47-10)53-30-25(44)21(40)17(9-35)51-33(30)52-29-22(41)18-14(37)6-13(48-32-27(46)24(43)20(39)16(8-34)50-32)7-15(18)49-28(29)11-2-4-12(36)5-3-11/h2-7,10,16-17,19-21,23-27,30-40,42-46H,8-9H2,1H3/t10-,16-,17+,19-,20-,21+,23+,24-,25-,26+,27-,30+,31-,32-,33+/m0/s1. The molecule has 0 radical (unpaired) electrons. The van der Waals surface area contributed by atoms with Crippen molar-refractivity contribution in [2.24, 2.45) is 0 Å². The highest BCUT2D eigenvalue weighted by atomic mass is 16.8. The fraction of sp³-hybridized carbons (Fsp3) is 0.545. The number of hydrogen-bond donors (Lipinski definition) is 12. The molecule has 20 nitrogen and oxygen atoms in total. The van der Waals surface area contributed by atoms with Gasteiger partial charge in [0, 0.05) is 17.7 Å². The fourth-order valence-electron chi connectivity index (χ4n) is 6.23. The minimum atomic E-state index is -1.94. The van der Waals surface area contributed by atoms with Crippen molar-refractivity contribution in [2.45, 2.75) is 99.0 Å². The Kier molecular flexibility index (Phi) is 11.5. The second kappa shape index (κ2) is 15.6. The molecule has 12 N–H and O–H groups in total. The minimum absolute atomic E-state index is 0.0982. The normalized spacial score (nSPS) is 37.8.